The molecule has 1 saturated carbocycles. The number of phenolic OH excluding ortho intramolecular Hbond substituents is 1. The monoisotopic (exact) mass is 325 g/mol. The molecule has 1 fully saturated rings. The molecule has 0 heterocycles. The third kappa shape index (κ3) is 4.22. The predicted molar refractivity (Wildman–Crippen MR) is 83.4 cm³/mol. The summed E-state index contributed by atoms with van der Waals surface area (Å²) in [5, 5.41) is 10.0. The molecule has 0 saturated heterocycles. The second-order valence-corrected chi connectivity index (χ2v) is 6.45. The first-order valence-corrected chi connectivity index (χ1v) is 8.21. The zero-order valence-electron chi connectivity index (χ0n) is 11.7. The molecular weight excluding hydrogens is 302 g/mol. The largest absolute Gasteiger partial charge is 0.508 e. The minimum atomic E-state index is 0.417. The summed E-state index contributed by atoms with van der Waals surface area (Å²) in [7, 11) is 0. The lowest BCUT2D eigenvalue weighted by Crippen LogP contribution is -2.36. The van der Waals surface area contributed by atoms with Crippen LogP contribution >= 0.6 is 15.9 Å². The highest BCUT2D eigenvalue weighted by Crippen LogP contribution is 2.28. The van der Waals surface area contributed by atoms with Gasteiger partial charge in [-0.1, -0.05) is 42.1 Å². The van der Waals surface area contributed by atoms with Crippen LogP contribution in [-0.2, 0) is 6.54 Å². The zero-order chi connectivity index (χ0) is 13.7. The summed E-state index contributed by atoms with van der Waals surface area (Å²) in [6.45, 7) is 4.22. The normalized spacial score (nSPS) is 17.0. The molecule has 0 atom stereocenters. The van der Waals surface area contributed by atoms with E-state index >= 15 is 0 Å². The van der Waals surface area contributed by atoms with Gasteiger partial charge in [-0.05, 0) is 44.0 Å². The lowest BCUT2D eigenvalue weighted by Gasteiger charge is -2.34. The Bertz CT molecular complexity index is 402. The first kappa shape index (κ1) is 14.9. The van der Waals surface area contributed by atoms with Crippen molar-refractivity contribution < 1.29 is 5.11 Å². The topological polar surface area (TPSA) is 23.5 Å². The van der Waals surface area contributed by atoms with Gasteiger partial charge in [0.15, 0.2) is 0 Å². The Morgan fingerprint density at radius 1 is 1.26 bits per heavy atom. The Kier molecular flexibility index (Phi) is 5.71. The van der Waals surface area contributed by atoms with Crippen LogP contribution in [0, 0.1) is 0 Å². The first-order valence-electron chi connectivity index (χ1n) is 7.42. The highest BCUT2D eigenvalue weighted by Gasteiger charge is 2.21. The fourth-order valence-electron chi connectivity index (χ4n) is 3.02. The van der Waals surface area contributed by atoms with Crippen LogP contribution in [0.5, 0.6) is 5.75 Å². The number of benzene rings is 1. The third-order valence-electron chi connectivity index (χ3n) is 4.02. The van der Waals surface area contributed by atoms with Crippen LogP contribution in [0.15, 0.2) is 22.7 Å². The molecule has 0 amide bonds. The Hall–Kier alpha value is -0.540. The van der Waals surface area contributed by atoms with Crippen LogP contribution in [0.4, 0.5) is 0 Å². The molecule has 0 spiro atoms. The summed E-state index contributed by atoms with van der Waals surface area (Å²) in [5.74, 6) is 0.417. The number of hydrogen-bond donors (Lipinski definition) is 1. The molecule has 0 aromatic heterocycles. The van der Waals surface area contributed by atoms with Gasteiger partial charge in [-0.15, -0.1) is 0 Å². The van der Waals surface area contributed by atoms with E-state index in [9.17, 15) is 5.11 Å². The molecule has 1 aromatic rings. The fraction of sp³-hybridized carbons (Fsp3) is 0.625. The lowest BCUT2D eigenvalue weighted by molar-refractivity contribution is 0.147. The van der Waals surface area contributed by atoms with Gasteiger partial charge in [-0.3, -0.25) is 4.90 Å². The summed E-state index contributed by atoms with van der Waals surface area (Å²) < 4.78 is 1.04. The molecule has 0 bridgehead atoms. The highest BCUT2D eigenvalue weighted by molar-refractivity contribution is 9.10. The minimum absolute atomic E-state index is 0.417. The van der Waals surface area contributed by atoms with Crippen LogP contribution in [-0.4, -0.2) is 22.6 Å². The molecule has 0 unspecified atom stereocenters. The maximum absolute atomic E-state index is 10.0. The fourth-order valence-corrected chi connectivity index (χ4v) is 3.43. The van der Waals surface area contributed by atoms with Gasteiger partial charge in [0.2, 0.25) is 0 Å². The van der Waals surface area contributed by atoms with E-state index in [0.29, 0.717) is 11.8 Å². The predicted octanol–water partition coefficient (Wildman–Crippen LogP) is 4.70. The molecule has 1 aromatic carbocycles. The molecule has 1 N–H and O–H groups in total. The van der Waals surface area contributed by atoms with E-state index in [1.807, 2.05) is 12.1 Å². The van der Waals surface area contributed by atoms with Crippen molar-refractivity contribution in [2.45, 2.75) is 58.0 Å². The van der Waals surface area contributed by atoms with Crippen molar-refractivity contribution in [1.82, 2.24) is 4.90 Å². The summed E-state index contributed by atoms with van der Waals surface area (Å²) in [6.07, 6.45) is 7.90. The standard InChI is InChI=1S/C16H24BrNO/c1-2-10-18(15-6-4-3-5-7-15)12-13-11-14(17)8-9-16(13)19/h8-9,11,15,19H,2-7,10,12H2,1H3. The summed E-state index contributed by atoms with van der Waals surface area (Å²) in [6, 6.07) is 6.42. The van der Waals surface area contributed by atoms with Crippen molar-refractivity contribution in [2.75, 3.05) is 6.54 Å². The number of hydrogen-bond acceptors (Lipinski definition) is 2. The van der Waals surface area contributed by atoms with Crippen LogP contribution < -0.4 is 0 Å². The first-order chi connectivity index (χ1) is 9.20. The summed E-state index contributed by atoms with van der Waals surface area (Å²) in [4.78, 5) is 2.56. The van der Waals surface area contributed by atoms with Crippen molar-refractivity contribution in [3.63, 3.8) is 0 Å². The number of phenols is 1. The lowest BCUT2D eigenvalue weighted by atomic mass is 9.93. The number of aromatic hydroxyl groups is 1. The van der Waals surface area contributed by atoms with Gasteiger partial charge in [0, 0.05) is 22.6 Å². The molecule has 3 heteroatoms. The maximum Gasteiger partial charge on any atom is 0.120 e. The quantitative estimate of drug-likeness (QED) is 0.848. The van der Waals surface area contributed by atoms with Crippen molar-refractivity contribution in [3.05, 3.63) is 28.2 Å². The van der Waals surface area contributed by atoms with Gasteiger partial charge in [0.25, 0.3) is 0 Å². The van der Waals surface area contributed by atoms with Gasteiger partial charge in [0.1, 0.15) is 5.75 Å². The van der Waals surface area contributed by atoms with Crippen LogP contribution in [0.2, 0.25) is 0 Å². The van der Waals surface area contributed by atoms with Crippen molar-refractivity contribution in [2.24, 2.45) is 0 Å². The Labute approximate surface area is 124 Å². The molecule has 0 radical (unpaired) electrons. The molecule has 1 aliphatic carbocycles. The highest BCUT2D eigenvalue weighted by atomic mass is 79.9. The van der Waals surface area contributed by atoms with Crippen molar-refractivity contribution in [3.8, 4) is 5.75 Å². The van der Waals surface area contributed by atoms with E-state index in [-0.39, 0.29) is 0 Å². The molecule has 1 aliphatic rings. The Morgan fingerprint density at radius 3 is 2.68 bits per heavy atom. The smallest absolute Gasteiger partial charge is 0.120 e. The number of rotatable bonds is 5. The van der Waals surface area contributed by atoms with Crippen molar-refractivity contribution in [1.29, 1.82) is 0 Å². The molecule has 0 aliphatic heterocycles. The summed E-state index contributed by atoms with van der Waals surface area (Å²) >= 11 is 3.49. The Balaban J connectivity index is 2.08. The van der Waals surface area contributed by atoms with Crippen LogP contribution in [0.25, 0.3) is 0 Å². The van der Waals surface area contributed by atoms with Gasteiger partial charge in [-0.25, -0.2) is 0 Å². The van der Waals surface area contributed by atoms with Gasteiger partial charge in [0.05, 0.1) is 0 Å². The minimum Gasteiger partial charge on any atom is -0.508 e. The van der Waals surface area contributed by atoms with E-state index in [1.165, 1.54) is 38.5 Å². The van der Waals surface area contributed by atoms with E-state index < -0.39 is 0 Å². The van der Waals surface area contributed by atoms with E-state index in [1.54, 1.807) is 6.07 Å². The van der Waals surface area contributed by atoms with E-state index in [4.69, 9.17) is 0 Å². The molecule has 19 heavy (non-hydrogen) atoms. The molecule has 2 nitrogen and oxygen atoms in total. The summed E-state index contributed by atoms with van der Waals surface area (Å²) in [5.41, 5.74) is 1.04. The van der Waals surface area contributed by atoms with Crippen molar-refractivity contribution >= 4 is 15.9 Å². The number of halogens is 1. The average Bonchev–Trinajstić information content (AvgIpc) is 2.43. The Morgan fingerprint density at radius 2 is 2.00 bits per heavy atom. The maximum atomic E-state index is 10.0. The second-order valence-electron chi connectivity index (χ2n) is 5.54. The number of nitrogens with zero attached hydrogens (tertiary/aromatic N) is 1. The van der Waals surface area contributed by atoms with Gasteiger partial charge >= 0.3 is 0 Å². The van der Waals surface area contributed by atoms with E-state index in [2.05, 4.69) is 27.8 Å². The SMILES string of the molecule is CCCN(Cc1cc(Br)ccc1O)C1CCCCC1. The van der Waals surface area contributed by atoms with Gasteiger partial charge in [-0.2, -0.15) is 0 Å². The van der Waals surface area contributed by atoms with Crippen LogP contribution in [0.3, 0.4) is 0 Å². The van der Waals surface area contributed by atoms with Crippen LogP contribution in [0.1, 0.15) is 51.0 Å². The molecular formula is C16H24BrNO. The third-order valence-corrected chi connectivity index (χ3v) is 4.51. The molecule has 106 valence electrons. The zero-order valence-corrected chi connectivity index (χ0v) is 13.3. The molecule has 2 rings (SSSR count). The second kappa shape index (κ2) is 7.30. The average molecular weight is 326 g/mol. The van der Waals surface area contributed by atoms with E-state index in [0.717, 1.165) is 23.1 Å². The van der Waals surface area contributed by atoms with Gasteiger partial charge < -0.3 is 5.11 Å².